The van der Waals surface area contributed by atoms with Crippen LogP contribution >= 0.6 is 11.3 Å². The van der Waals surface area contributed by atoms with E-state index in [4.69, 9.17) is 5.11 Å². The van der Waals surface area contributed by atoms with Crippen molar-refractivity contribution in [2.75, 3.05) is 6.54 Å². The third-order valence-corrected chi connectivity index (χ3v) is 5.93. The predicted molar refractivity (Wildman–Crippen MR) is 73.0 cm³/mol. The molecule has 0 bridgehead atoms. The number of sulfonamides is 1. The lowest BCUT2D eigenvalue weighted by Crippen LogP contribution is -2.28. The minimum Gasteiger partial charge on any atom is -0.477 e. The smallest absolute Gasteiger partial charge is 0.345 e. The van der Waals surface area contributed by atoms with E-state index in [1.807, 2.05) is 0 Å². The summed E-state index contributed by atoms with van der Waals surface area (Å²) in [7, 11) is -3.58. The summed E-state index contributed by atoms with van der Waals surface area (Å²) >= 11 is 0.924. The van der Waals surface area contributed by atoms with Gasteiger partial charge >= 0.3 is 5.97 Å². The minimum atomic E-state index is -3.58. The van der Waals surface area contributed by atoms with E-state index in [1.165, 1.54) is 11.4 Å². The molecule has 2 unspecified atom stereocenters. The molecule has 2 atom stereocenters. The maximum atomic E-state index is 12.0. The summed E-state index contributed by atoms with van der Waals surface area (Å²) in [6.07, 6.45) is 3.24. The zero-order chi connectivity index (χ0) is 14.0. The molecule has 1 aliphatic carbocycles. The van der Waals surface area contributed by atoms with Gasteiger partial charge in [0.25, 0.3) is 0 Å². The Bertz CT molecular complexity index is 564. The second kappa shape index (κ2) is 5.60. The summed E-state index contributed by atoms with van der Waals surface area (Å²) < 4.78 is 26.6. The largest absolute Gasteiger partial charge is 0.477 e. The van der Waals surface area contributed by atoms with E-state index in [2.05, 4.69) is 11.6 Å². The fourth-order valence-electron chi connectivity index (χ4n) is 2.39. The SMILES string of the molecule is CC1CCC(CNS(=O)(=O)c2csc(C(=O)O)c2)C1. The number of carbonyl (C=O) groups is 1. The number of hydrogen-bond acceptors (Lipinski definition) is 4. The molecular formula is C12H17NO4S2. The molecule has 2 rings (SSSR count). The highest BCUT2D eigenvalue weighted by Crippen LogP contribution is 2.30. The van der Waals surface area contributed by atoms with Crippen molar-refractivity contribution in [1.82, 2.24) is 4.72 Å². The number of carboxylic acids is 1. The van der Waals surface area contributed by atoms with Crippen molar-refractivity contribution in [3.8, 4) is 0 Å². The molecule has 0 spiro atoms. The lowest BCUT2D eigenvalue weighted by Gasteiger charge is -2.10. The van der Waals surface area contributed by atoms with E-state index in [0.29, 0.717) is 18.4 Å². The van der Waals surface area contributed by atoms with E-state index in [9.17, 15) is 13.2 Å². The van der Waals surface area contributed by atoms with Gasteiger partial charge in [0, 0.05) is 11.9 Å². The Morgan fingerprint density at radius 2 is 2.26 bits per heavy atom. The highest BCUT2D eigenvalue weighted by Gasteiger charge is 2.24. The van der Waals surface area contributed by atoms with Crippen molar-refractivity contribution in [2.45, 2.75) is 31.1 Å². The molecular weight excluding hydrogens is 286 g/mol. The average molecular weight is 303 g/mol. The van der Waals surface area contributed by atoms with Crippen LogP contribution in [0.3, 0.4) is 0 Å². The molecule has 0 aliphatic heterocycles. The Morgan fingerprint density at radius 3 is 2.79 bits per heavy atom. The number of hydrogen-bond donors (Lipinski definition) is 2. The van der Waals surface area contributed by atoms with Crippen LogP contribution in [-0.2, 0) is 10.0 Å². The molecule has 0 radical (unpaired) electrons. The lowest BCUT2D eigenvalue weighted by atomic mass is 10.1. The first-order chi connectivity index (χ1) is 8.88. The standard InChI is InChI=1S/C12H17NO4S2/c1-8-2-3-9(4-8)6-13-19(16,17)10-5-11(12(14)15)18-7-10/h5,7-9,13H,2-4,6H2,1H3,(H,14,15). The van der Waals surface area contributed by atoms with Gasteiger partial charge in [0.2, 0.25) is 10.0 Å². The second-order valence-electron chi connectivity index (χ2n) is 5.09. The molecule has 2 N–H and O–H groups in total. The van der Waals surface area contributed by atoms with E-state index in [0.717, 1.165) is 30.6 Å². The van der Waals surface area contributed by atoms with Crippen LogP contribution < -0.4 is 4.72 Å². The fourth-order valence-corrected chi connectivity index (χ4v) is 4.62. The van der Waals surface area contributed by atoms with Gasteiger partial charge in [-0.05, 0) is 30.7 Å². The maximum Gasteiger partial charge on any atom is 0.345 e. The normalized spacial score (nSPS) is 23.6. The first-order valence-corrected chi connectivity index (χ1v) is 8.56. The first-order valence-electron chi connectivity index (χ1n) is 6.20. The molecule has 0 amide bonds. The van der Waals surface area contributed by atoms with Gasteiger partial charge < -0.3 is 5.11 Å². The summed E-state index contributed by atoms with van der Waals surface area (Å²) in [6, 6.07) is 1.20. The fraction of sp³-hybridized carbons (Fsp3) is 0.583. The maximum absolute atomic E-state index is 12.0. The molecule has 5 nitrogen and oxygen atoms in total. The van der Waals surface area contributed by atoms with Crippen LogP contribution in [0.4, 0.5) is 0 Å². The number of rotatable bonds is 5. The van der Waals surface area contributed by atoms with Gasteiger partial charge in [0.15, 0.2) is 0 Å². The minimum absolute atomic E-state index is 0.0369. The van der Waals surface area contributed by atoms with Crippen LogP contribution in [0.15, 0.2) is 16.3 Å². The highest BCUT2D eigenvalue weighted by atomic mass is 32.2. The molecule has 1 aromatic rings. The van der Waals surface area contributed by atoms with E-state index < -0.39 is 16.0 Å². The monoisotopic (exact) mass is 303 g/mol. The van der Waals surface area contributed by atoms with Crippen molar-refractivity contribution in [1.29, 1.82) is 0 Å². The average Bonchev–Trinajstić information content (AvgIpc) is 2.95. The number of nitrogens with one attached hydrogen (secondary N) is 1. The third kappa shape index (κ3) is 3.55. The van der Waals surface area contributed by atoms with Gasteiger partial charge in [0.1, 0.15) is 4.88 Å². The topological polar surface area (TPSA) is 83.5 Å². The van der Waals surface area contributed by atoms with Gasteiger partial charge in [-0.15, -0.1) is 11.3 Å². The number of carboxylic acid groups (broad SMARTS) is 1. The van der Waals surface area contributed by atoms with Crippen molar-refractivity contribution in [2.24, 2.45) is 11.8 Å². The van der Waals surface area contributed by atoms with Gasteiger partial charge in [-0.1, -0.05) is 13.3 Å². The summed E-state index contributed by atoms with van der Waals surface area (Å²) in [5.41, 5.74) is 0. The molecule has 106 valence electrons. The van der Waals surface area contributed by atoms with Crippen molar-refractivity contribution in [3.63, 3.8) is 0 Å². The van der Waals surface area contributed by atoms with Gasteiger partial charge in [0.05, 0.1) is 4.90 Å². The Hall–Kier alpha value is -0.920. The van der Waals surface area contributed by atoms with Crippen molar-refractivity contribution >= 4 is 27.3 Å². The van der Waals surface area contributed by atoms with E-state index >= 15 is 0 Å². The van der Waals surface area contributed by atoms with Crippen LogP contribution in [-0.4, -0.2) is 26.0 Å². The lowest BCUT2D eigenvalue weighted by molar-refractivity contribution is 0.0702. The summed E-state index contributed by atoms with van der Waals surface area (Å²) in [4.78, 5) is 10.8. The van der Waals surface area contributed by atoms with Crippen LogP contribution in [0.5, 0.6) is 0 Å². The first kappa shape index (κ1) is 14.5. The number of aromatic carboxylic acids is 1. The third-order valence-electron chi connectivity index (χ3n) is 3.46. The number of thiophene rings is 1. The molecule has 1 fully saturated rings. The summed E-state index contributed by atoms with van der Waals surface area (Å²) in [5, 5.41) is 10.2. The van der Waals surface area contributed by atoms with Crippen molar-refractivity contribution in [3.05, 3.63) is 16.3 Å². The van der Waals surface area contributed by atoms with Crippen LogP contribution in [0.1, 0.15) is 35.9 Å². The predicted octanol–water partition coefficient (Wildman–Crippen LogP) is 2.16. The van der Waals surface area contributed by atoms with Crippen LogP contribution in [0.2, 0.25) is 0 Å². The van der Waals surface area contributed by atoms with Crippen molar-refractivity contribution < 1.29 is 18.3 Å². The Kier molecular flexibility index (Phi) is 4.27. The summed E-state index contributed by atoms with van der Waals surface area (Å²) in [6.45, 7) is 2.61. The van der Waals surface area contributed by atoms with E-state index in [1.54, 1.807) is 0 Å². The Labute approximate surface area is 116 Å². The Morgan fingerprint density at radius 1 is 1.53 bits per heavy atom. The molecule has 1 heterocycles. The molecule has 7 heteroatoms. The summed E-state index contributed by atoms with van der Waals surface area (Å²) in [5.74, 6) is -0.0484. The van der Waals surface area contributed by atoms with Gasteiger partial charge in [-0.3, -0.25) is 0 Å². The van der Waals surface area contributed by atoms with Gasteiger partial charge in [-0.25, -0.2) is 17.9 Å². The molecule has 1 aromatic heterocycles. The van der Waals surface area contributed by atoms with Gasteiger partial charge in [-0.2, -0.15) is 0 Å². The zero-order valence-corrected chi connectivity index (χ0v) is 12.3. The molecule has 1 aliphatic rings. The quantitative estimate of drug-likeness (QED) is 0.873. The van der Waals surface area contributed by atoms with Crippen LogP contribution in [0, 0.1) is 11.8 Å². The molecule has 0 saturated heterocycles. The highest BCUT2D eigenvalue weighted by molar-refractivity contribution is 7.89. The van der Waals surface area contributed by atoms with E-state index in [-0.39, 0.29) is 9.77 Å². The molecule has 1 saturated carbocycles. The molecule has 19 heavy (non-hydrogen) atoms. The Balaban J connectivity index is 1.99. The van der Waals surface area contributed by atoms with Crippen LogP contribution in [0.25, 0.3) is 0 Å². The zero-order valence-electron chi connectivity index (χ0n) is 10.6. The second-order valence-corrected chi connectivity index (χ2v) is 7.77. The molecule has 0 aromatic carbocycles.